The minimum Gasteiger partial charge on any atom is -0.618 e. The van der Waals surface area contributed by atoms with Crippen molar-refractivity contribution in [1.29, 1.82) is 0 Å². The van der Waals surface area contributed by atoms with Crippen LogP contribution < -0.4 is 14.9 Å². The largest absolute Gasteiger partial charge is 0.618 e. The molecule has 6 nitrogen and oxygen atoms in total. The van der Waals surface area contributed by atoms with Crippen molar-refractivity contribution in [2.24, 2.45) is 0 Å². The number of benzene rings is 1. The first-order chi connectivity index (χ1) is 11.2. The van der Waals surface area contributed by atoms with Gasteiger partial charge >= 0.3 is 0 Å². The molecule has 0 radical (unpaired) electrons. The second kappa shape index (κ2) is 5.51. The molecular formula is C16H16FN5O. The van der Waals surface area contributed by atoms with Gasteiger partial charge < -0.3 is 15.4 Å². The normalized spacial score (nSPS) is 15.3. The van der Waals surface area contributed by atoms with Crippen LogP contribution in [0, 0.1) is 11.0 Å². The molecule has 0 atom stereocenters. The van der Waals surface area contributed by atoms with Crippen LogP contribution in [0.2, 0.25) is 0 Å². The molecule has 2 N–H and O–H groups in total. The zero-order chi connectivity index (χ0) is 15.8. The summed E-state index contributed by atoms with van der Waals surface area (Å²) in [5.74, 6) is -0.457. The van der Waals surface area contributed by atoms with E-state index in [1.165, 1.54) is 6.07 Å². The molecule has 1 aliphatic rings. The molecule has 118 valence electrons. The molecule has 1 fully saturated rings. The molecule has 0 unspecified atom stereocenters. The van der Waals surface area contributed by atoms with Crippen LogP contribution in [0.3, 0.4) is 0 Å². The number of anilines is 1. The van der Waals surface area contributed by atoms with Gasteiger partial charge in [-0.1, -0.05) is 0 Å². The molecule has 1 aromatic carbocycles. The predicted octanol–water partition coefficient (Wildman–Crippen LogP) is 1.41. The van der Waals surface area contributed by atoms with E-state index < -0.39 is 5.82 Å². The topological polar surface area (TPSA) is 70.9 Å². The summed E-state index contributed by atoms with van der Waals surface area (Å²) in [6.07, 6.45) is 1.16. The highest BCUT2D eigenvalue weighted by atomic mass is 19.1. The lowest BCUT2D eigenvalue weighted by Crippen LogP contribution is -2.43. The third-order valence-electron chi connectivity index (χ3n) is 4.15. The Balaban J connectivity index is 1.82. The van der Waals surface area contributed by atoms with Gasteiger partial charge in [-0.3, -0.25) is 5.10 Å². The zero-order valence-electron chi connectivity index (χ0n) is 12.4. The number of H-pyrrole nitrogens is 1. The maximum absolute atomic E-state index is 13.5. The van der Waals surface area contributed by atoms with Crippen LogP contribution in [-0.4, -0.2) is 36.4 Å². The van der Waals surface area contributed by atoms with Gasteiger partial charge in [0, 0.05) is 49.4 Å². The summed E-state index contributed by atoms with van der Waals surface area (Å²) in [6, 6.07) is 8.33. The summed E-state index contributed by atoms with van der Waals surface area (Å²) in [5.41, 5.74) is 2.57. The van der Waals surface area contributed by atoms with E-state index in [4.69, 9.17) is 0 Å². The van der Waals surface area contributed by atoms with E-state index in [2.05, 4.69) is 20.4 Å². The minimum absolute atomic E-state index is 0.203. The van der Waals surface area contributed by atoms with Crippen LogP contribution in [0.4, 0.5) is 10.1 Å². The van der Waals surface area contributed by atoms with Crippen molar-refractivity contribution in [1.82, 2.24) is 15.5 Å². The number of rotatable bonds is 2. The van der Waals surface area contributed by atoms with Crippen LogP contribution in [0.1, 0.15) is 0 Å². The first-order valence-corrected chi connectivity index (χ1v) is 7.55. The predicted molar refractivity (Wildman–Crippen MR) is 85.5 cm³/mol. The second-order valence-corrected chi connectivity index (χ2v) is 5.60. The molecule has 0 amide bonds. The average molecular weight is 313 g/mol. The van der Waals surface area contributed by atoms with Gasteiger partial charge in [-0.25, -0.2) is 4.39 Å². The maximum Gasteiger partial charge on any atom is 0.247 e. The number of nitrogens with one attached hydrogen (secondary N) is 2. The smallest absolute Gasteiger partial charge is 0.247 e. The molecule has 1 saturated heterocycles. The molecule has 0 spiro atoms. The number of nitrogens with zero attached hydrogens (tertiary/aromatic N) is 3. The molecular weight excluding hydrogens is 297 g/mol. The fourth-order valence-corrected chi connectivity index (χ4v) is 2.95. The van der Waals surface area contributed by atoms with Crippen molar-refractivity contribution in [3.63, 3.8) is 0 Å². The summed E-state index contributed by atoms with van der Waals surface area (Å²) >= 11 is 0. The van der Waals surface area contributed by atoms with Crippen LogP contribution in [0.25, 0.3) is 22.3 Å². The molecule has 1 aliphatic heterocycles. The molecule has 23 heavy (non-hydrogen) atoms. The quantitative estimate of drug-likeness (QED) is 0.554. The third-order valence-corrected chi connectivity index (χ3v) is 4.15. The fourth-order valence-electron chi connectivity index (χ4n) is 2.95. The molecule has 0 saturated carbocycles. The van der Waals surface area contributed by atoms with Crippen molar-refractivity contribution in [2.75, 3.05) is 31.1 Å². The fraction of sp³-hybridized carbons (Fsp3) is 0.250. The highest BCUT2D eigenvalue weighted by Gasteiger charge is 2.19. The summed E-state index contributed by atoms with van der Waals surface area (Å²) < 4.78 is 14.1. The molecule has 3 aromatic rings. The molecule has 2 aromatic heterocycles. The number of pyridine rings is 1. The van der Waals surface area contributed by atoms with Crippen molar-refractivity contribution in [3.8, 4) is 11.4 Å². The second-order valence-electron chi connectivity index (χ2n) is 5.60. The van der Waals surface area contributed by atoms with E-state index in [0.717, 1.165) is 55.0 Å². The van der Waals surface area contributed by atoms with Gasteiger partial charge in [-0.15, -0.1) is 0 Å². The lowest BCUT2D eigenvalue weighted by molar-refractivity contribution is -0.594. The minimum atomic E-state index is -0.457. The highest BCUT2D eigenvalue weighted by molar-refractivity contribution is 5.93. The molecule has 7 heteroatoms. The molecule has 0 aliphatic carbocycles. The lowest BCUT2D eigenvalue weighted by atomic mass is 10.1. The van der Waals surface area contributed by atoms with E-state index in [1.54, 1.807) is 0 Å². The number of aromatic nitrogens is 3. The summed E-state index contributed by atoms with van der Waals surface area (Å²) in [5, 5.41) is 23.2. The SMILES string of the molecule is [O-][n+]1ccc(F)cc1-c1n[nH]c2ccc(N3CCNCC3)cc12. The Hall–Kier alpha value is -2.67. The first-order valence-electron chi connectivity index (χ1n) is 7.55. The van der Waals surface area contributed by atoms with E-state index >= 15 is 0 Å². The summed E-state index contributed by atoms with van der Waals surface area (Å²) in [4.78, 5) is 2.28. The number of piperazine rings is 1. The Morgan fingerprint density at radius 2 is 2.00 bits per heavy atom. The first kappa shape index (κ1) is 14.0. The van der Waals surface area contributed by atoms with E-state index in [0.29, 0.717) is 10.4 Å². The number of hydrogen-bond acceptors (Lipinski definition) is 4. The van der Waals surface area contributed by atoms with Crippen molar-refractivity contribution in [3.05, 3.63) is 47.6 Å². The Kier molecular flexibility index (Phi) is 3.34. The van der Waals surface area contributed by atoms with Gasteiger partial charge in [0.15, 0.2) is 11.9 Å². The van der Waals surface area contributed by atoms with E-state index in [1.807, 2.05) is 18.2 Å². The summed E-state index contributed by atoms with van der Waals surface area (Å²) in [7, 11) is 0. The Labute approximate surface area is 132 Å². The lowest BCUT2D eigenvalue weighted by Gasteiger charge is -2.29. The van der Waals surface area contributed by atoms with Gasteiger partial charge in [-0.05, 0) is 18.2 Å². The number of aromatic amines is 1. The van der Waals surface area contributed by atoms with Crippen molar-refractivity contribution in [2.45, 2.75) is 0 Å². The number of halogens is 1. The van der Waals surface area contributed by atoms with Crippen LogP contribution in [-0.2, 0) is 0 Å². The number of hydrogen-bond donors (Lipinski definition) is 2. The van der Waals surface area contributed by atoms with Crippen molar-refractivity contribution < 1.29 is 9.12 Å². The van der Waals surface area contributed by atoms with Gasteiger partial charge in [0.05, 0.1) is 5.52 Å². The van der Waals surface area contributed by atoms with Crippen LogP contribution in [0.15, 0.2) is 36.5 Å². The van der Waals surface area contributed by atoms with E-state index in [9.17, 15) is 9.60 Å². The summed E-state index contributed by atoms with van der Waals surface area (Å²) in [6.45, 7) is 3.75. The molecule has 3 heterocycles. The Bertz CT molecular complexity index is 857. The maximum atomic E-state index is 13.5. The monoisotopic (exact) mass is 313 g/mol. The molecule has 0 bridgehead atoms. The molecule has 4 rings (SSSR count). The Morgan fingerprint density at radius 3 is 2.83 bits per heavy atom. The zero-order valence-corrected chi connectivity index (χ0v) is 12.4. The van der Waals surface area contributed by atoms with Gasteiger partial charge in [0.1, 0.15) is 5.82 Å². The highest BCUT2D eigenvalue weighted by Crippen LogP contribution is 2.28. The van der Waals surface area contributed by atoms with Gasteiger partial charge in [0.25, 0.3) is 0 Å². The Morgan fingerprint density at radius 1 is 1.17 bits per heavy atom. The van der Waals surface area contributed by atoms with Crippen LogP contribution in [0.5, 0.6) is 0 Å². The average Bonchev–Trinajstić information content (AvgIpc) is 3.01. The number of fused-ring (bicyclic) bond motifs is 1. The standard InChI is InChI=1S/C16H16FN5O/c17-11-3-6-22(23)15(9-11)16-13-10-12(1-2-14(13)19-20-16)21-7-4-18-5-8-21/h1-3,6,9-10,18H,4-5,7-8H2,(H,19,20). The van der Waals surface area contributed by atoms with E-state index in [-0.39, 0.29) is 5.69 Å². The van der Waals surface area contributed by atoms with Crippen LogP contribution >= 0.6 is 0 Å². The third kappa shape index (κ3) is 2.49. The van der Waals surface area contributed by atoms with Crippen molar-refractivity contribution >= 4 is 16.6 Å². The van der Waals surface area contributed by atoms with Gasteiger partial charge in [-0.2, -0.15) is 9.83 Å². The van der Waals surface area contributed by atoms with Gasteiger partial charge in [0.2, 0.25) is 5.69 Å².